The second-order valence-corrected chi connectivity index (χ2v) is 6.98. The predicted octanol–water partition coefficient (Wildman–Crippen LogP) is 2.69. The van der Waals surface area contributed by atoms with Crippen molar-refractivity contribution in [2.75, 3.05) is 33.3 Å². The van der Waals surface area contributed by atoms with Crippen molar-refractivity contribution in [3.63, 3.8) is 0 Å². The number of aliphatic carboxylic acids is 1. The fourth-order valence-corrected chi connectivity index (χ4v) is 4.21. The average molecular weight is 332 g/mol. The lowest BCUT2D eigenvalue weighted by molar-refractivity contribution is -0.144. The van der Waals surface area contributed by atoms with Gasteiger partial charge in [-0.1, -0.05) is 25.0 Å². The number of rotatable bonds is 5. The molecule has 1 unspecified atom stereocenters. The van der Waals surface area contributed by atoms with E-state index < -0.39 is 12.0 Å². The zero-order valence-corrected chi connectivity index (χ0v) is 14.7. The molecule has 1 N–H and O–H groups in total. The molecule has 1 aliphatic heterocycles. The van der Waals surface area contributed by atoms with Crippen LogP contribution in [0.25, 0.3) is 0 Å². The maximum absolute atomic E-state index is 11.9. The number of carboxylic acid groups (broad SMARTS) is 1. The van der Waals surface area contributed by atoms with E-state index in [1.165, 1.54) is 25.7 Å². The topological polar surface area (TPSA) is 53.0 Å². The highest BCUT2D eigenvalue weighted by Crippen LogP contribution is 2.29. The van der Waals surface area contributed by atoms with Gasteiger partial charge in [-0.25, -0.2) is 0 Å². The molecule has 1 aliphatic carbocycles. The van der Waals surface area contributed by atoms with Crippen LogP contribution in [-0.2, 0) is 4.79 Å². The third kappa shape index (κ3) is 3.57. The Balaban J connectivity index is 1.70. The first-order chi connectivity index (χ1) is 11.6. The molecule has 1 aromatic carbocycles. The first-order valence-electron chi connectivity index (χ1n) is 8.95. The highest BCUT2D eigenvalue weighted by Gasteiger charge is 2.33. The third-order valence-corrected chi connectivity index (χ3v) is 5.52. The molecule has 1 aromatic rings. The highest BCUT2D eigenvalue weighted by molar-refractivity contribution is 5.75. The lowest BCUT2D eigenvalue weighted by Gasteiger charge is -2.40. The van der Waals surface area contributed by atoms with Gasteiger partial charge in [0.2, 0.25) is 0 Å². The fourth-order valence-electron chi connectivity index (χ4n) is 4.21. The number of ether oxygens (including phenoxy) is 1. The number of piperazine rings is 1. The van der Waals surface area contributed by atoms with Gasteiger partial charge >= 0.3 is 5.97 Å². The number of methoxy groups -OCH3 is 1. The van der Waals surface area contributed by atoms with Crippen LogP contribution in [0, 0.1) is 6.92 Å². The monoisotopic (exact) mass is 332 g/mol. The van der Waals surface area contributed by atoms with E-state index in [1.54, 1.807) is 7.11 Å². The van der Waals surface area contributed by atoms with Crippen LogP contribution in [0.2, 0.25) is 0 Å². The Kier molecular flexibility index (Phi) is 5.41. The van der Waals surface area contributed by atoms with Crippen molar-refractivity contribution >= 4 is 5.97 Å². The first-order valence-corrected chi connectivity index (χ1v) is 8.95. The van der Waals surface area contributed by atoms with Gasteiger partial charge in [0.25, 0.3) is 0 Å². The fraction of sp³-hybridized carbons (Fsp3) is 0.632. The van der Waals surface area contributed by atoms with Crippen LogP contribution in [-0.4, -0.2) is 60.2 Å². The smallest absolute Gasteiger partial charge is 0.325 e. The molecule has 5 nitrogen and oxygen atoms in total. The minimum absolute atomic E-state index is 0.569. The summed E-state index contributed by atoms with van der Waals surface area (Å²) in [4.78, 5) is 16.6. The van der Waals surface area contributed by atoms with E-state index in [1.807, 2.05) is 25.1 Å². The Bertz CT molecular complexity index is 576. The summed E-state index contributed by atoms with van der Waals surface area (Å²) >= 11 is 0. The molecule has 2 fully saturated rings. The van der Waals surface area contributed by atoms with E-state index in [2.05, 4.69) is 9.80 Å². The van der Waals surface area contributed by atoms with Gasteiger partial charge in [-0.2, -0.15) is 0 Å². The number of carbonyl (C=O) groups is 1. The van der Waals surface area contributed by atoms with E-state index in [0.29, 0.717) is 0 Å². The molecular formula is C19H28N2O3. The summed E-state index contributed by atoms with van der Waals surface area (Å²) < 4.78 is 5.29. The van der Waals surface area contributed by atoms with Crippen LogP contribution in [0.1, 0.15) is 42.9 Å². The second-order valence-electron chi connectivity index (χ2n) is 6.98. The van der Waals surface area contributed by atoms with E-state index in [-0.39, 0.29) is 0 Å². The minimum Gasteiger partial charge on any atom is -0.496 e. The summed E-state index contributed by atoms with van der Waals surface area (Å²) in [6.45, 7) is 5.55. The van der Waals surface area contributed by atoms with Crippen molar-refractivity contribution in [3.05, 3.63) is 29.3 Å². The van der Waals surface area contributed by atoms with Crippen LogP contribution in [0.15, 0.2) is 18.2 Å². The van der Waals surface area contributed by atoms with Gasteiger partial charge in [-0.05, 0) is 37.0 Å². The molecule has 0 aromatic heterocycles. The van der Waals surface area contributed by atoms with Crippen LogP contribution in [0.5, 0.6) is 5.75 Å². The molecular weight excluding hydrogens is 304 g/mol. The molecule has 2 aliphatic rings. The van der Waals surface area contributed by atoms with E-state index >= 15 is 0 Å². The van der Waals surface area contributed by atoms with Gasteiger partial charge < -0.3 is 9.84 Å². The maximum Gasteiger partial charge on any atom is 0.325 e. The largest absolute Gasteiger partial charge is 0.496 e. The zero-order chi connectivity index (χ0) is 17.1. The average Bonchev–Trinajstić information content (AvgIpc) is 3.10. The molecule has 5 heteroatoms. The van der Waals surface area contributed by atoms with Gasteiger partial charge in [0, 0.05) is 32.2 Å². The molecule has 0 amide bonds. The van der Waals surface area contributed by atoms with Gasteiger partial charge in [-0.3, -0.25) is 14.6 Å². The standard InChI is InChI=1S/C19H28N2O3/c1-14-13-15(7-8-17(14)24-2)18(19(22)23)21-11-9-20(10-12-21)16-5-3-4-6-16/h7-8,13,16,18H,3-6,9-12H2,1-2H3,(H,22,23). The number of carboxylic acids is 1. The number of hydrogen-bond donors (Lipinski definition) is 1. The normalized spacial score (nSPS) is 21.8. The molecule has 1 atom stereocenters. The quantitative estimate of drug-likeness (QED) is 0.898. The Hall–Kier alpha value is -1.59. The summed E-state index contributed by atoms with van der Waals surface area (Å²) in [5.74, 6) is 0.0304. The van der Waals surface area contributed by atoms with Crippen molar-refractivity contribution in [1.29, 1.82) is 0 Å². The lowest BCUT2D eigenvalue weighted by atomic mass is 10.0. The van der Waals surface area contributed by atoms with Crippen molar-refractivity contribution in [3.8, 4) is 5.75 Å². The summed E-state index contributed by atoms with van der Waals surface area (Å²) in [6.07, 6.45) is 5.29. The minimum atomic E-state index is -0.770. The first kappa shape index (κ1) is 17.2. The lowest BCUT2D eigenvalue weighted by Crippen LogP contribution is -2.51. The van der Waals surface area contributed by atoms with Crippen LogP contribution in [0.4, 0.5) is 0 Å². The van der Waals surface area contributed by atoms with Crippen molar-refractivity contribution in [2.24, 2.45) is 0 Å². The molecule has 132 valence electrons. The summed E-state index contributed by atoms with van der Waals surface area (Å²) in [5.41, 5.74) is 1.82. The molecule has 24 heavy (non-hydrogen) atoms. The van der Waals surface area contributed by atoms with Gasteiger partial charge in [0.05, 0.1) is 7.11 Å². The number of aryl methyl sites for hydroxylation is 1. The van der Waals surface area contributed by atoms with Crippen LogP contribution in [0.3, 0.4) is 0 Å². The van der Waals surface area contributed by atoms with Gasteiger partial charge in [-0.15, -0.1) is 0 Å². The maximum atomic E-state index is 11.9. The molecule has 1 saturated carbocycles. The Morgan fingerprint density at radius 3 is 2.42 bits per heavy atom. The molecule has 0 bridgehead atoms. The summed E-state index contributed by atoms with van der Waals surface area (Å²) in [7, 11) is 1.64. The van der Waals surface area contributed by atoms with E-state index in [0.717, 1.165) is 49.1 Å². The van der Waals surface area contributed by atoms with Gasteiger partial charge in [0.1, 0.15) is 11.8 Å². The SMILES string of the molecule is COc1ccc(C(C(=O)O)N2CCN(C3CCCC3)CC2)cc1C. The third-order valence-electron chi connectivity index (χ3n) is 5.52. The van der Waals surface area contributed by atoms with Gasteiger partial charge in [0.15, 0.2) is 0 Å². The highest BCUT2D eigenvalue weighted by atomic mass is 16.5. The molecule has 1 heterocycles. The Morgan fingerprint density at radius 1 is 1.21 bits per heavy atom. The number of hydrogen-bond acceptors (Lipinski definition) is 4. The van der Waals surface area contributed by atoms with Crippen molar-refractivity contribution in [1.82, 2.24) is 9.80 Å². The summed E-state index contributed by atoms with van der Waals surface area (Å²) in [5, 5.41) is 9.79. The van der Waals surface area contributed by atoms with Crippen LogP contribution >= 0.6 is 0 Å². The van der Waals surface area contributed by atoms with E-state index in [4.69, 9.17) is 4.74 Å². The van der Waals surface area contributed by atoms with E-state index in [9.17, 15) is 9.90 Å². The predicted molar refractivity (Wildman–Crippen MR) is 93.5 cm³/mol. The zero-order valence-electron chi connectivity index (χ0n) is 14.7. The Morgan fingerprint density at radius 2 is 1.88 bits per heavy atom. The van der Waals surface area contributed by atoms with Crippen LogP contribution < -0.4 is 4.74 Å². The second kappa shape index (κ2) is 7.53. The molecule has 3 rings (SSSR count). The van der Waals surface area contributed by atoms with Crippen molar-refractivity contribution < 1.29 is 14.6 Å². The van der Waals surface area contributed by atoms with Crippen molar-refractivity contribution in [2.45, 2.75) is 44.7 Å². The molecule has 1 saturated heterocycles. The number of nitrogens with zero attached hydrogens (tertiary/aromatic N) is 2. The summed E-state index contributed by atoms with van der Waals surface area (Å²) in [6, 6.07) is 5.85. The Labute approximate surface area is 144 Å². The molecule has 0 radical (unpaired) electrons. The number of benzene rings is 1. The molecule has 0 spiro atoms.